The van der Waals surface area contributed by atoms with E-state index in [0.717, 1.165) is 0 Å². The fourth-order valence-corrected chi connectivity index (χ4v) is 1.71. The lowest BCUT2D eigenvalue weighted by atomic mass is 10.2. The first-order chi connectivity index (χ1) is 10.3. The maximum absolute atomic E-state index is 13.4. The van der Waals surface area contributed by atoms with Gasteiger partial charge >= 0.3 is 6.09 Å². The molecule has 1 amide bonds. The van der Waals surface area contributed by atoms with Crippen LogP contribution in [-0.2, 0) is 11.3 Å². The van der Waals surface area contributed by atoms with Gasteiger partial charge in [0.15, 0.2) is 5.11 Å². The minimum absolute atomic E-state index is 0.274. The molecule has 122 valence electrons. The fraction of sp³-hybridized carbons (Fsp3) is 0.467. The van der Waals surface area contributed by atoms with Crippen molar-refractivity contribution in [1.29, 1.82) is 0 Å². The Labute approximate surface area is 135 Å². The molecule has 5 nitrogen and oxygen atoms in total. The fourth-order valence-electron chi connectivity index (χ4n) is 1.53. The molecule has 22 heavy (non-hydrogen) atoms. The van der Waals surface area contributed by atoms with Crippen LogP contribution >= 0.6 is 12.2 Å². The highest BCUT2D eigenvalue weighted by Crippen LogP contribution is 2.06. The molecule has 1 aromatic carbocycles. The van der Waals surface area contributed by atoms with E-state index in [4.69, 9.17) is 17.0 Å². The zero-order valence-corrected chi connectivity index (χ0v) is 13.8. The van der Waals surface area contributed by atoms with Crippen molar-refractivity contribution in [3.05, 3.63) is 35.6 Å². The smallest absolute Gasteiger partial charge is 0.407 e. The van der Waals surface area contributed by atoms with E-state index in [2.05, 4.69) is 16.0 Å². The maximum Gasteiger partial charge on any atom is 0.407 e. The van der Waals surface area contributed by atoms with E-state index in [0.29, 0.717) is 30.3 Å². The topological polar surface area (TPSA) is 62.4 Å². The number of amides is 1. The summed E-state index contributed by atoms with van der Waals surface area (Å²) in [6.45, 7) is 6.52. The van der Waals surface area contributed by atoms with Crippen LogP contribution in [0.3, 0.4) is 0 Å². The second-order valence-corrected chi connectivity index (χ2v) is 6.04. The van der Waals surface area contributed by atoms with Gasteiger partial charge in [-0.2, -0.15) is 0 Å². The van der Waals surface area contributed by atoms with Gasteiger partial charge in [0.1, 0.15) is 11.4 Å². The van der Waals surface area contributed by atoms with Crippen LogP contribution in [0.1, 0.15) is 26.3 Å². The molecule has 7 heteroatoms. The van der Waals surface area contributed by atoms with Gasteiger partial charge in [-0.1, -0.05) is 18.2 Å². The third-order valence-corrected chi connectivity index (χ3v) is 2.76. The number of hydrogen-bond donors (Lipinski definition) is 3. The molecule has 0 atom stereocenters. The van der Waals surface area contributed by atoms with Gasteiger partial charge in [-0.05, 0) is 39.1 Å². The Hall–Kier alpha value is -1.89. The predicted molar refractivity (Wildman–Crippen MR) is 88.1 cm³/mol. The number of thiocarbonyl (C=S) groups is 1. The van der Waals surface area contributed by atoms with Crippen LogP contribution in [0, 0.1) is 5.82 Å². The molecule has 0 radical (unpaired) electrons. The summed E-state index contributed by atoms with van der Waals surface area (Å²) in [7, 11) is 0. The van der Waals surface area contributed by atoms with E-state index in [-0.39, 0.29) is 5.82 Å². The summed E-state index contributed by atoms with van der Waals surface area (Å²) in [5.74, 6) is -0.274. The molecule has 0 aliphatic rings. The van der Waals surface area contributed by atoms with Crippen molar-refractivity contribution in [2.24, 2.45) is 0 Å². The van der Waals surface area contributed by atoms with Crippen molar-refractivity contribution in [1.82, 2.24) is 16.0 Å². The Bertz CT molecular complexity index is 518. The van der Waals surface area contributed by atoms with Crippen molar-refractivity contribution in [3.63, 3.8) is 0 Å². The largest absolute Gasteiger partial charge is 0.444 e. The molecular weight excluding hydrogens is 305 g/mol. The lowest BCUT2D eigenvalue weighted by molar-refractivity contribution is 0.0529. The summed E-state index contributed by atoms with van der Waals surface area (Å²) in [6, 6.07) is 6.49. The Balaban J connectivity index is 2.16. The zero-order chi connectivity index (χ0) is 16.6. The first-order valence-corrected chi connectivity index (χ1v) is 7.41. The quantitative estimate of drug-likeness (QED) is 0.572. The molecule has 0 aliphatic carbocycles. The van der Waals surface area contributed by atoms with Crippen LogP contribution in [-0.4, -0.2) is 29.9 Å². The number of alkyl carbamates (subject to hydrolysis) is 1. The summed E-state index contributed by atoms with van der Waals surface area (Å²) in [5, 5.41) is 8.82. The van der Waals surface area contributed by atoms with Crippen LogP contribution in [0.25, 0.3) is 0 Å². The zero-order valence-electron chi connectivity index (χ0n) is 13.0. The molecule has 0 heterocycles. The van der Waals surface area contributed by atoms with Gasteiger partial charge < -0.3 is 20.7 Å². The Morgan fingerprint density at radius 1 is 1.18 bits per heavy atom. The Kier molecular flexibility index (Phi) is 7.04. The van der Waals surface area contributed by atoms with Crippen LogP contribution in [0.15, 0.2) is 24.3 Å². The SMILES string of the molecule is CC(C)(C)OC(=O)NCCNC(=S)NCc1ccccc1F. The van der Waals surface area contributed by atoms with Gasteiger partial charge in [-0.3, -0.25) is 0 Å². The molecule has 0 saturated heterocycles. The highest BCUT2D eigenvalue weighted by molar-refractivity contribution is 7.80. The van der Waals surface area contributed by atoms with E-state index in [9.17, 15) is 9.18 Å². The van der Waals surface area contributed by atoms with E-state index in [1.54, 1.807) is 39.0 Å². The normalized spacial score (nSPS) is 10.7. The van der Waals surface area contributed by atoms with Gasteiger partial charge in [0.25, 0.3) is 0 Å². The number of carbonyl (C=O) groups excluding carboxylic acids is 1. The molecule has 0 unspecified atom stereocenters. The molecule has 0 aromatic heterocycles. The van der Waals surface area contributed by atoms with Gasteiger partial charge in [0.05, 0.1) is 0 Å². The summed E-state index contributed by atoms with van der Waals surface area (Å²) in [5.41, 5.74) is 0.0206. The molecule has 0 spiro atoms. The van der Waals surface area contributed by atoms with E-state index in [1.807, 2.05) is 0 Å². The molecule has 1 rings (SSSR count). The molecule has 0 fully saturated rings. The minimum Gasteiger partial charge on any atom is -0.444 e. The number of rotatable bonds is 5. The molecule has 0 saturated carbocycles. The monoisotopic (exact) mass is 327 g/mol. The average molecular weight is 327 g/mol. The predicted octanol–water partition coefficient (Wildman–Crippen LogP) is 2.31. The molecule has 1 aromatic rings. The lowest BCUT2D eigenvalue weighted by Gasteiger charge is -2.19. The van der Waals surface area contributed by atoms with Gasteiger partial charge in [-0.15, -0.1) is 0 Å². The highest BCUT2D eigenvalue weighted by atomic mass is 32.1. The second kappa shape index (κ2) is 8.53. The van der Waals surface area contributed by atoms with Crippen LogP contribution in [0.2, 0.25) is 0 Å². The third kappa shape index (κ3) is 7.78. The highest BCUT2D eigenvalue weighted by Gasteiger charge is 2.15. The van der Waals surface area contributed by atoms with Crippen molar-refractivity contribution >= 4 is 23.4 Å². The van der Waals surface area contributed by atoms with Crippen molar-refractivity contribution in [3.8, 4) is 0 Å². The average Bonchev–Trinajstić information content (AvgIpc) is 2.41. The van der Waals surface area contributed by atoms with Crippen molar-refractivity contribution in [2.75, 3.05) is 13.1 Å². The third-order valence-electron chi connectivity index (χ3n) is 2.48. The number of nitrogens with one attached hydrogen (secondary N) is 3. The number of benzene rings is 1. The second-order valence-electron chi connectivity index (χ2n) is 5.63. The molecule has 0 aliphatic heterocycles. The van der Waals surface area contributed by atoms with Gasteiger partial charge in [0.2, 0.25) is 0 Å². The summed E-state index contributed by atoms with van der Waals surface area (Å²) in [6.07, 6.45) is -0.473. The number of carbonyl (C=O) groups is 1. The number of hydrogen-bond acceptors (Lipinski definition) is 3. The number of halogens is 1. The van der Waals surface area contributed by atoms with E-state index >= 15 is 0 Å². The Morgan fingerprint density at radius 2 is 1.82 bits per heavy atom. The molecular formula is C15H22FN3O2S. The van der Waals surface area contributed by atoms with Crippen molar-refractivity contribution in [2.45, 2.75) is 32.9 Å². The van der Waals surface area contributed by atoms with Crippen LogP contribution in [0.5, 0.6) is 0 Å². The van der Waals surface area contributed by atoms with Crippen molar-refractivity contribution < 1.29 is 13.9 Å². The van der Waals surface area contributed by atoms with E-state index in [1.165, 1.54) is 6.07 Å². The maximum atomic E-state index is 13.4. The minimum atomic E-state index is -0.520. The van der Waals surface area contributed by atoms with Gasteiger partial charge in [-0.25, -0.2) is 9.18 Å². The molecule has 3 N–H and O–H groups in total. The summed E-state index contributed by atoms with van der Waals surface area (Å²) in [4.78, 5) is 11.4. The lowest BCUT2D eigenvalue weighted by Crippen LogP contribution is -2.41. The Morgan fingerprint density at radius 3 is 2.45 bits per heavy atom. The summed E-state index contributed by atoms with van der Waals surface area (Å²) >= 11 is 5.07. The first-order valence-electron chi connectivity index (χ1n) is 7.00. The molecule has 0 bridgehead atoms. The first kappa shape index (κ1) is 18.2. The van der Waals surface area contributed by atoms with E-state index < -0.39 is 11.7 Å². The summed E-state index contributed by atoms with van der Waals surface area (Å²) < 4.78 is 18.5. The van der Waals surface area contributed by atoms with Crippen LogP contribution < -0.4 is 16.0 Å². The van der Waals surface area contributed by atoms with Gasteiger partial charge in [0, 0.05) is 25.2 Å². The number of ether oxygens (including phenoxy) is 1. The standard InChI is InChI=1S/C15H22FN3O2S/c1-15(2,3)21-14(20)18-9-8-17-13(22)19-10-11-6-4-5-7-12(11)16/h4-7H,8-10H2,1-3H3,(H,18,20)(H2,17,19,22). The van der Waals surface area contributed by atoms with Crippen LogP contribution in [0.4, 0.5) is 9.18 Å².